The Hall–Kier alpha value is -1.36. The summed E-state index contributed by atoms with van der Waals surface area (Å²) >= 11 is 0. The van der Waals surface area contributed by atoms with E-state index in [0.717, 1.165) is 5.56 Å². The molecule has 1 saturated heterocycles. The second kappa shape index (κ2) is 6.03. The highest BCUT2D eigenvalue weighted by Gasteiger charge is 2.39. The summed E-state index contributed by atoms with van der Waals surface area (Å²) in [6.07, 6.45) is 0.383. The van der Waals surface area contributed by atoms with Crippen molar-refractivity contribution < 1.29 is 13.2 Å². The largest absolute Gasteiger partial charge is 0.338 e. The van der Waals surface area contributed by atoms with Gasteiger partial charge >= 0.3 is 0 Å². The van der Waals surface area contributed by atoms with Crippen LogP contribution in [0.2, 0.25) is 0 Å². The molecule has 22 heavy (non-hydrogen) atoms. The molecule has 4 nitrogen and oxygen atoms in total. The van der Waals surface area contributed by atoms with E-state index in [1.807, 2.05) is 37.3 Å². The van der Waals surface area contributed by atoms with Crippen molar-refractivity contribution in [2.24, 2.45) is 0 Å². The standard InChI is InChI=1S/C17H25NO3S/c1-13-14(2)22(20,21)11-10-18(13)16(19)12-17(3,4)15-8-6-5-7-9-15/h5-9,13-14H,10-12H2,1-4H3. The van der Waals surface area contributed by atoms with E-state index in [-0.39, 0.29) is 23.1 Å². The molecule has 1 aromatic carbocycles. The van der Waals surface area contributed by atoms with Crippen LogP contribution >= 0.6 is 0 Å². The van der Waals surface area contributed by atoms with Gasteiger partial charge in [0.1, 0.15) is 0 Å². The SMILES string of the molecule is CC1C(C)S(=O)(=O)CCN1C(=O)CC(C)(C)c1ccccc1. The molecule has 0 N–H and O–H groups in total. The summed E-state index contributed by atoms with van der Waals surface area (Å²) in [7, 11) is -3.07. The number of hydrogen-bond donors (Lipinski definition) is 0. The number of hydrogen-bond acceptors (Lipinski definition) is 3. The molecule has 2 atom stereocenters. The summed E-state index contributed by atoms with van der Waals surface area (Å²) in [5.41, 5.74) is 0.853. The maximum Gasteiger partial charge on any atom is 0.223 e. The van der Waals surface area contributed by atoms with Gasteiger partial charge in [0.25, 0.3) is 0 Å². The molecule has 1 aliphatic heterocycles. The minimum absolute atomic E-state index is 0.0307. The molecule has 1 amide bonds. The molecule has 2 rings (SSSR count). The van der Waals surface area contributed by atoms with Crippen LogP contribution in [0.1, 0.15) is 39.7 Å². The average molecular weight is 323 g/mol. The van der Waals surface area contributed by atoms with Crippen molar-refractivity contribution >= 4 is 15.7 Å². The van der Waals surface area contributed by atoms with Gasteiger partial charge in [0.15, 0.2) is 9.84 Å². The molecular weight excluding hydrogens is 298 g/mol. The minimum Gasteiger partial charge on any atom is -0.338 e. The number of benzene rings is 1. The van der Waals surface area contributed by atoms with Crippen LogP contribution in [0.15, 0.2) is 30.3 Å². The molecule has 0 aliphatic carbocycles. The molecule has 1 aromatic rings. The van der Waals surface area contributed by atoms with Gasteiger partial charge in [0.05, 0.1) is 11.0 Å². The van der Waals surface area contributed by atoms with Crippen molar-refractivity contribution in [3.05, 3.63) is 35.9 Å². The molecule has 1 aliphatic rings. The highest BCUT2D eigenvalue weighted by molar-refractivity contribution is 7.92. The monoisotopic (exact) mass is 323 g/mol. The summed E-state index contributed by atoms with van der Waals surface area (Å²) in [6.45, 7) is 7.93. The molecule has 1 fully saturated rings. The zero-order valence-corrected chi connectivity index (χ0v) is 14.6. The third-order valence-corrected chi connectivity index (χ3v) is 7.10. The number of sulfone groups is 1. The van der Waals surface area contributed by atoms with Gasteiger partial charge in [0, 0.05) is 19.0 Å². The van der Waals surface area contributed by atoms with Crippen LogP contribution in [-0.4, -0.2) is 42.8 Å². The van der Waals surface area contributed by atoms with Gasteiger partial charge in [-0.2, -0.15) is 0 Å². The first-order valence-electron chi connectivity index (χ1n) is 7.72. The van der Waals surface area contributed by atoms with Gasteiger partial charge < -0.3 is 4.90 Å². The van der Waals surface area contributed by atoms with E-state index in [9.17, 15) is 13.2 Å². The highest BCUT2D eigenvalue weighted by Crippen LogP contribution is 2.29. The molecule has 2 unspecified atom stereocenters. The predicted octanol–water partition coefficient (Wildman–Crippen LogP) is 2.39. The van der Waals surface area contributed by atoms with Gasteiger partial charge in [-0.1, -0.05) is 44.2 Å². The van der Waals surface area contributed by atoms with E-state index in [1.165, 1.54) is 0 Å². The summed E-state index contributed by atoms with van der Waals surface area (Å²) in [5, 5.41) is -0.495. The van der Waals surface area contributed by atoms with Crippen molar-refractivity contribution in [1.82, 2.24) is 4.90 Å². The third-order valence-electron chi connectivity index (χ3n) is 4.82. The predicted molar refractivity (Wildman–Crippen MR) is 88.5 cm³/mol. The molecular formula is C17H25NO3S. The van der Waals surface area contributed by atoms with E-state index in [2.05, 4.69) is 13.8 Å². The Bertz CT molecular complexity index is 637. The van der Waals surface area contributed by atoms with Crippen molar-refractivity contribution in [2.45, 2.75) is 50.8 Å². The fraction of sp³-hybridized carbons (Fsp3) is 0.588. The lowest BCUT2D eigenvalue weighted by atomic mass is 9.81. The van der Waals surface area contributed by atoms with Gasteiger partial charge in [-0.15, -0.1) is 0 Å². The van der Waals surface area contributed by atoms with Crippen LogP contribution in [0.3, 0.4) is 0 Å². The Labute approximate surface area is 133 Å². The van der Waals surface area contributed by atoms with Crippen molar-refractivity contribution in [3.63, 3.8) is 0 Å². The molecule has 5 heteroatoms. The smallest absolute Gasteiger partial charge is 0.223 e. The quantitative estimate of drug-likeness (QED) is 0.858. The van der Waals surface area contributed by atoms with E-state index < -0.39 is 15.1 Å². The zero-order chi connectivity index (χ0) is 16.5. The van der Waals surface area contributed by atoms with Crippen LogP contribution in [0.25, 0.3) is 0 Å². The normalized spacial score (nSPS) is 25.0. The lowest BCUT2D eigenvalue weighted by molar-refractivity contribution is -0.134. The maximum atomic E-state index is 12.7. The molecule has 1 heterocycles. The molecule has 0 saturated carbocycles. The van der Waals surface area contributed by atoms with Gasteiger partial charge in [-0.05, 0) is 24.8 Å². The molecule has 0 aromatic heterocycles. The van der Waals surface area contributed by atoms with Crippen LogP contribution in [0.5, 0.6) is 0 Å². The van der Waals surface area contributed by atoms with Gasteiger partial charge in [-0.3, -0.25) is 4.79 Å². The zero-order valence-electron chi connectivity index (χ0n) is 13.7. The Morgan fingerprint density at radius 3 is 2.41 bits per heavy atom. The van der Waals surface area contributed by atoms with Crippen molar-refractivity contribution in [2.75, 3.05) is 12.3 Å². The number of carbonyl (C=O) groups is 1. The second-order valence-corrected chi connectivity index (χ2v) is 9.30. The van der Waals surface area contributed by atoms with Crippen LogP contribution < -0.4 is 0 Å². The number of amides is 1. The summed E-state index contributed by atoms with van der Waals surface area (Å²) in [6, 6.07) is 9.69. The summed E-state index contributed by atoms with van der Waals surface area (Å²) in [4.78, 5) is 14.4. The number of carbonyl (C=O) groups excluding carboxylic acids is 1. The van der Waals surface area contributed by atoms with Crippen molar-refractivity contribution in [1.29, 1.82) is 0 Å². The Kier molecular flexibility index (Phi) is 4.66. The minimum atomic E-state index is -3.07. The van der Waals surface area contributed by atoms with Gasteiger partial charge in [0.2, 0.25) is 5.91 Å². The first kappa shape index (κ1) is 17.0. The van der Waals surface area contributed by atoms with E-state index in [1.54, 1.807) is 11.8 Å². The van der Waals surface area contributed by atoms with E-state index in [4.69, 9.17) is 0 Å². The Morgan fingerprint density at radius 1 is 1.23 bits per heavy atom. The molecule has 0 bridgehead atoms. The van der Waals surface area contributed by atoms with Crippen LogP contribution in [0, 0.1) is 0 Å². The topological polar surface area (TPSA) is 54.5 Å². The fourth-order valence-electron chi connectivity index (χ4n) is 2.99. The van der Waals surface area contributed by atoms with Crippen molar-refractivity contribution in [3.8, 4) is 0 Å². The first-order valence-corrected chi connectivity index (χ1v) is 9.43. The van der Waals surface area contributed by atoms with E-state index >= 15 is 0 Å². The van der Waals surface area contributed by atoms with Gasteiger partial charge in [-0.25, -0.2) is 8.42 Å². The van der Waals surface area contributed by atoms with E-state index in [0.29, 0.717) is 13.0 Å². The maximum absolute atomic E-state index is 12.7. The summed E-state index contributed by atoms with van der Waals surface area (Å²) < 4.78 is 23.9. The summed E-state index contributed by atoms with van der Waals surface area (Å²) in [5.74, 6) is 0.0961. The fourth-order valence-corrected chi connectivity index (χ4v) is 4.56. The highest BCUT2D eigenvalue weighted by atomic mass is 32.2. The molecule has 122 valence electrons. The Morgan fingerprint density at radius 2 is 1.82 bits per heavy atom. The second-order valence-electron chi connectivity index (χ2n) is 6.83. The first-order chi connectivity index (χ1) is 10.1. The average Bonchev–Trinajstić information content (AvgIpc) is 2.45. The lowest BCUT2D eigenvalue weighted by Gasteiger charge is -2.39. The lowest BCUT2D eigenvalue weighted by Crippen LogP contribution is -2.54. The molecule has 0 radical (unpaired) electrons. The number of nitrogens with zero attached hydrogens (tertiary/aromatic N) is 1. The van der Waals surface area contributed by atoms with Crippen LogP contribution in [-0.2, 0) is 20.0 Å². The number of rotatable bonds is 3. The third kappa shape index (κ3) is 3.35. The Balaban J connectivity index is 2.13. The molecule has 0 spiro atoms. The van der Waals surface area contributed by atoms with Crippen LogP contribution in [0.4, 0.5) is 0 Å².